The van der Waals surface area contributed by atoms with E-state index in [0.717, 1.165) is 11.1 Å². The summed E-state index contributed by atoms with van der Waals surface area (Å²) < 4.78 is 26.3. The number of phosphoric acid groups is 1. The molecule has 0 aliphatic carbocycles. The quantitative estimate of drug-likeness (QED) is 0.236. The van der Waals surface area contributed by atoms with Crippen LogP contribution in [0.15, 0.2) is 34.9 Å². The Morgan fingerprint density at radius 1 is 1.07 bits per heavy atom. The van der Waals surface area contributed by atoms with E-state index in [1.54, 1.807) is 31.2 Å². The Hall–Kier alpha value is -0.600. The zero-order chi connectivity index (χ0) is 19.9. The number of fused-ring (bicyclic) bond motifs is 1. The molecule has 0 N–H and O–H groups in total. The van der Waals surface area contributed by atoms with Crippen LogP contribution < -0.4 is 78.2 Å². The predicted octanol–water partition coefficient (Wildman–Crippen LogP) is -3.19. The minimum absolute atomic E-state index is 0. The van der Waals surface area contributed by atoms with Crippen molar-refractivity contribution in [3.05, 3.63) is 58.3 Å². The molecule has 0 atom stereocenters. The first-order valence-electron chi connectivity index (χ1n) is 8.04. The number of carbonyl (C=O) groups is 1. The first-order chi connectivity index (χ1) is 12.6. The van der Waals surface area contributed by atoms with E-state index in [-0.39, 0.29) is 81.8 Å². The molecule has 2 aromatic carbocycles. The first-order valence-corrected chi connectivity index (χ1v) is 9.51. The molecular weight excluding hydrogens is 417 g/mol. The van der Waals surface area contributed by atoms with Gasteiger partial charge >= 0.3 is 59.1 Å². The summed E-state index contributed by atoms with van der Waals surface area (Å²) in [5.74, 6) is 0.0552. The van der Waals surface area contributed by atoms with Crippen molar-refractivity contribution in [1.29, 1.82) is 0 Å². The number of benzene rings is 2. The molecule has 0 saturated heterocycles. The van der Waals surface area contributed by atoms with Crippen LogP contribution in [-0.2, 0) is 4.57 Å². The predicted molar refractivity (Wildman–Crippen MR) is 95.1 cm³/mol. The fourth-order valence-corrected chi connectivity index (χ4v) is 3.35. The summed E-state index contributed by atoms with van der Waals surface area (Å²) in [4.78, 5) is 35.1. The molecule has 3 rings (SSSR count). The minimum atomic E-state index is -5.28. The Balaban J connectivity index is 0.00000210. The Bertz CT molecular complexity index is 1100. The third kappa shape index (κ3) is 5.56. The van der Waals surface area contributed by atoms with Crippen LogP contribution in [0, 0.1) is 20.8 Å². The number of furan rings is 1. The van der Waals surface area contributed by atoms with Crippen molar-refractivity contribution < 1.29 is 91.9 Å². The van der Waals surface area contributed by atoms with Crippen molar-refractivity contribution in [3.63, 3.8) is 0 Å². The van der Waals surface area contributed by atoms with Crippen LogP contribution in [0.3, 0.4) is 0 Å². The van der Waals surface area contributed by atoms with E-state index >= 15 is 0 Å². The van der Waals surface area contributed by atoms with Gasteiger partial charge in [-0.3, -0.25) is 4.79 Å². The molecule has 0 fully saturated rings. The van der Waals surface area contributed by atoms with E-state index in [1.807, 2.05) is 13.8 Å². The number of methoxy groups -OCH3 is 1. The molecular formula is C19H17Na2O7P. The monoisotopic (exact) mass is 434 g/mol. The van der Waals surface area contributed by atoms with Crippen molar-refractivity contribution in [3.8, 4) is 11.5 Å². The molecule has 0 spiro atoms. The number of rotatable bonds is 5. The third-order valence-electron chi connectivity index (χ3n) is 4.44. The SMILES string of the molecule is COc1cc(C(=O)c2coc3c(OP(=O)([O-])[O-])c(C)ccc23)cc(C)c1C.[Na+].[Na+]. The molecule has 1 heterocycles. The van der Waals surface area contributed by atoms with Crippen molar-refractivity contribution >= 4 is 24.6 Å². The number of aryl methyl sites for hydroxylation is 2. The molecule has 7 nitrogen and oxygen atoms in total. The van der Waals surface area contributed by atoms with Gasteiger partial charge in [0.15, 0.2) is 17.1 Å². The number of hydrogen-bond donors (Lipinski definition) is 0. The zero-order valence-corrected chi connectivity index (χ0v) is 22.1. The van der Waals surface area contributed by atoms with Crippen molar-refractivity contribution in [2.24, 2.45) is 0 Å². The van der Waals surface area contributed by atoms with Crippen LogP contribution in [0.4, 0.5) is 0 Å². The average molecular weight is 434 g/mol. The zero-order valence-electron chi connectivity index (χ0n) is 17.2. The number of carbonyl (C=O) groups excluding carboxylic acids is 1. The second kappa shape index (κ2) is 10.1. The summed E-state index contributed by atoms with van der Waals surface area (Å²) in [6, 6.07) is 6.56. The van der Waals surface area contributed by atoms with Crippen LogP contribution in [0.5, 0.6) is 11.5 Å². The Labute approximate surface area is 212 Å². The normalized spacial score (nSPS) is 10.8. The van der Waals surface area contributed by atoms with E-state index < -0.39 is 7.82 Å². The van der Waals surface area contributed by atoms with E-state index in [2.05, 4.69) is 4.52 Å². The maximum atomic E-state index is 13.0. The number of phosphoric ester groups is 1. The summed E-state index contributed by atoms with van der Waals surface area (Å²) in [6.07, 6.45) is 1.22. The first kappa shape index (κ1) is 26.4. The summed E-state index contributed by atoms with van der Waals surface area (Å²) in [5.41, 5.74) is 2.88. The largest absolute Gasteiger partial charge is 1.00 e. The smallest absolute Gasteiger partial charge is 0.780 e. The van der Waals surface area contributed by atoms with Gasteiger partial charge in [0.2, 0.25) is 0 Å². The molecule has 0 unspecified atom stereocenters. The fraction of sp³-hybridized carbons (Fsp3) is 0.211. The van der Waals surface area contributed by atoms with E-state index in [9.17, 15) is 19.1 Å². The molecule has 142 valence electrons. The summed E-state index contributed by atoms with van der Waals surface area (Å²) in [5, 5.41) is 0.353. The van der Waals surface area contributed by atoms with Crippen LogP contribution in [-0.4, -0.2) is 12.9 Å². The van der Waals surface area contributed by atoms with Gasteiger partial charge in [-0.1, -0.05) is 6.07 Å². The van der Waals surface area contributed by atoms with Gasteiger partial charge in [0.05, 0.1) is 12.7 Å². The summed E-state index contributed by atoms with van der Waals surface area (Å²) in [6.45, 7) is 5.34. The molecule has 10 heteroatoms. The summed E-state index contributed by atoms with van der Waals surface area (Å²) in [7, 11) is -3.75. The van der Waals surface area contributed by atoms with Gasteiger partial charge in [-0.05, 0) is 55.7 Å². The van der Waals surface area contributed by atoms with E-state index in [0.29, 0.717) is 22.3 Å². The van der Waals surface area contributed by atoms with E-state index in [1.165, 1.54) is 13.4 Å². The van der Waals surface area contributed by atoms with Gasteiger partial charge in [0, 0.05) is 10.9 Å². The standard InChI is InChI=1S/C19H19O7P.2Na/c1-10-5-6-14-15(9-25-19(14)18(10)26-27(21,22)23)17(20)13-7-11(2)12(3)16(8-13)24-4;;/h5-9H,1-4H3,(H2,21,22,23);;/q;2*+1/p-2. The second-order valence-electron chi connectivity index (χ2n) is 6.23. The van der Waals surface area contributed by atoms with Crippen molar-refractivity contribution in [2.75, 3.05) is 7.11 Å². The van der Waals surface area contributed by atoms with Gasteiger partial charge in [-0.15, -0.1) is 0 Å². The van der Waals surface area contributed by atoms with Crippen molar-refractivity contribution in [2.45, 2.75) is 20.8 Å². The topological polar surface area (TPSA) is 112 Å². The van der Waals surface area contributed by atoms with Crippen LogP contribution in [0.25, 0.3) is 11.0 Å². The second-order valence-corrected chi connectivity index (χ2v) is 7.30. The third-order valence-corrected chi connectivity index (χ3v) is 4.85. The van der Waals surface area contributed by atoms with Gasteiger partial charge < -0.3 is 28.0 Å². The van der Waals surface area contributed by atoms with Crippen LogP contribution in [0.1, 0.15) is 32.6 Å². The molecule has 0 saturated carbocycles. The Morgan fingerprint density at radius 2 is 1.72 bits per heavy atom. The van der Waals surface area contributed by atoms with Gasteiger partial charge in [0.1, 0.15) is 19.8 Å². The number of ether oxygens (including phenoxy) is 1. The average Bonchev–Trinajstić information content (AvgIpc) is 3.02. The Morgan fingerprint density at radius 3 is 2.31 bits per heavy atom. The van der Waals surface area contributed by atoms with Gasteiger partial charge in [-0.25, -0.2) is 0 Å². The Kier molecular flexibility index (Phi) is 9.24. The molecule has 0 aliphatic heterocycles. The number of ketones is 1. The summed E-state index contributed by atoms with van der Waals surface area (Å²) >= 11 is 0. The van der Waals surface area contributed by atoms with Crippen LogP contribution >= 0.6 is 7.82 Å². The molecule has 0 bridgehead atoms. The van der Waals surface area contributed by atoms with Gasteiger partial charge in [0.25, 0.3) is 0 Å². The molecule has 3 aromatic rings. The molecule has 0 amide bonds. The molecule has 1 aromatic heterocycles. The minimum Gasteiger partial charge on any atom is -0.780 e. The fourth-order valence-electron chi connectivity index (χ4n) is 2.90. The maximum Gasteiger partial charge on any atom is 1.00 e. The van der Waals surface area contributed by atoms with E-state index in [4.69, 9.17) is 9.15 Å². The molecule has 29 heavy (non-hydrogen) atoms. The molecule has 0 radical (unpaired) electrons. The van der Waals surface area contributed by atoms with Crippen molar-refractivity contribution in [1.82, 2.24) is 0 Å². The maximum absolute atomic E-state index is 13.0. The van der Waals surface area contributed by atoms with Crippen LogP contribution in [0.2, 0.25) is 0 Å². The number of hydrogen-bond acceptors (Lipinski definition) is 7. The molecule has 0 aliphatic rings. The van der Waals surface area contributed by atoms with Gasteiger partial charge in [-0.2, -0.15) is 0 Å².